The molecule has 0 aliphatic carbocycles. The third kappa shape index (κ3) is 4.89. The van der Waals surface area contributed by atoms with Gasteiger partial charge in [0.05, 0.1) is 11.7 Å². The lowest BCUT2D eigenvalue weighted by molar-refractivity contribution is 0.0697. The van der Waals surface area contributed by atoms with Crippen molar-refractivity contribution >= 4 is 21.9 Å². The Hall–Kier alpha value is -1.69. The van der Waals surface area contributed by atoms with E-state index < -0.39 is 5.97 Å². The minimum absolute atomic E-state index is 0.0543. The highest BCUT2D eigenvalue weighted by Gasteiger charge is 2.18. The van der Waals surface area contributed by atoms with E-state index in [4.69, 9.17) is 9.84 Å². The third-order valence-corrected chi connectivity index (χ3v) is 4.26. The predicted molar refractivity (Wildman–Crippen MR) is 93.6 cm³/mol. The highest BCUT2D eigenvalue weighted by Crippen LogP contribution is 2.23. The van der Waals surface area contributed by atoms with Gasteiger partial charge in [-0.3, -0.25) is 0 Å². The second-order valence-electron chi connectivity index (χ2n) is 5.38. The molecule has 2 N–H and O–H groups in total. The van der Waals surface area contributed by atoms with Crippen LogP contribution < -0.4 is 5.32 Å². The maximum atomic E-state index is 10.9. The van der Waals surface area contributed by atoms with E-state index >= 15 is 0 Å². The second-order valence-corrected chi connectivity index (χ2v) is 6.30. The fourth-order valence-electron chi connectivity index (χ4n) is 2.43. The topological polar surface area (TPSA) is 58.6 Å². The molecule has 23 heavy (non-hydrogen) atoms. The van der Waals surface area contributed by atoms with Crippen molar-refractivity contribution < 1.29 is 14.6 Å². The standard InChI is InChI=1S/C18H20BrNO3/c1-12(17(23-2)14-7-9-16(19)10-8-14)20-11-13-3-5-15(6-4-13)18(21)22/h3-10,12,17,20H,11H2,1-2H3,(H,21,22). The molecule has 0 bridgehead atoms. The van der Waals surface area contributed by atoms with Gasteiger partial charge >= 0.3 is 5.97 Å². The van der Waals surface area contributed by atoms with Crippen LogP contribution in [0.2, 0.25) is 0 Å². The van der Waals surface area contributed by atoms with Crippen molar-refractivity contribution in [2.24, 2.45) is 0 Å². The Kier molecular flexibility index (Phi) is 6.33. The monoisotopic (exact) mass is 377 g/mol. The van der Waals surface area contributed by atoms with E-state index in [2.05, 4.69) is 28.2 Å². The SMILES string of the molecule is COC(c1ccc(Br)cc1)C(C)NCc1ccc(C(=O)O)cc1. The first-order valence-electron chi connectivity index (χ1n) is 7.35. The van der Waals surface area contributed by atoms with Gasteiger partial charge in [0.15, 0.2) is 0 Å². The zero-order valence-corrected chi connectivity index (χ0v) is 14.7. The maximum absolute atomic E-state index is 10.9. The van der Waals surface area contributed by atoms with Gasteiger partial charge in [-0.25, -0.2) is 4.79 Å². The lowest BCUT2D eigenvalue weighted by Gasteiger charge is -2.24. The summed E-state index contributed by atoms with van der Waals surface area (Å²) in [4.78, 5) is 10.9. The molecular formula is C18H20BrNO3. The Bertz CT molecular complexity index is 640. The predicted octanol–water partition coefficient (Wildman–Crippen LogP) is 4.01. The minimum Gasteiger partial charge on any atom is -0.478 e. The summed E-state index contributed by atoms with van der Waals surface area (Å²) >= 11 is 3.43. The van der Waals surface area contributed by atoms with Crippen LogP contribution in [0.5, 0.6) is 0 Å². The molecule has 0 aromatic heterocycles. The summed E-state index contributed by atoms with van der Waals surface area (Å²) in [7, 11) is 1.70. The molecule has 0 radical (unpaired) electrons. The Morgan fingerprint density at radius 1 is 1.17 bits per heavy atom. The van der Waals surface area contributed by atoms with Crippen molar-refractivity contribution in [1.29, 1.82) is 0 Å². The van der Waals surface area contributed by atoms with Crippen LogP contribution in [0.4, 0.5) is 0 Å². The van der Waals surface area contributed by atoms with Crippen LogP contribution in [-0.2, 0) is 11.3 Å². The molecule has 0 heterocycles. The Balaban J connectivity index is 1.98. The number of aromatic carboxylic acids is 1. The molecule has 0 aliphatic rings. The van der Waals surface area contributed by atoms with Gasteiger partial charge in [-0.2, -0.15) is 0 Å². The summed E-state index contributed by atoms with van der Waals surface area (Å²) in [5.74, 6) is -0.910. The quantitative estimate of drug-likeness (QED) is 0.764. The molecule has 0 spiro atoms. The maximum Gasteiger partial charge on any atom is 0.335 e. The molecule has 0 saturated heterocycles. The van der Waals surface area contributed by atoms with Gasteiger partial charge in [0.2, 0.25) is 0 Å². The van der Waals surface area contributed by atoms with Gasteiger partial charge < -0.3 is 15.2 Å². The molecule has 0 saturated carbocycles. The van der Waals surface area contributed by atoms with E-state index in [0.29, 0.717) is 12.1 Å². The number of carboxylic acid groups (broad SMARTS) is 1. The zero-order valence-electron chi connectivity index (χ0n) is 13.1. The Labute approximate surface area is 144 Å². The van der Waals surface area contributed by atoms with E-state index in [-0.39, 0.29) is 12.1 Å². The fourth-order valence-corrected chi connectivity index (χ4v) is 2.70. The van der Waals surface area contributed by atoms with Crippen LogP contribution in [0.1, 0.15) is 34.5 Å². The first kappa shape index (κ1) is 17.7. The van der Waals surface area contributed by atoms with Crippen molar-refractivity contribution in [2.45, 2.75) is 25.6 Å². The summed E-state index contributed by atoms with van der Waals surface area (Å²) < 4.78 is 6.66. The van der Waals surface area contributed by atoms with E-state index in [1.165, 1.54) is 0 Å². The number of ether oxygens (including phenoxy) is 1. The van der Waals surface area contributed by atoms with Crippen molar-refractivity contribution in [3.05, 3.63) is 69.7 Å². The summed E-state index contributed by atoms with van der Waals surface area (Å²) in [6.07, 6.45) is -0.0543. The first-order valence-corrected chi connectivity index (χ1v) is 8.14. The van der Waals surface area contributed by atoms with Crippen molar-refractivity contribution in [1.82, 2.24) is 5.32 Å². The molecule has 5 heteroatoms. The summed E-state index contributed by atoms with van der Waals surface area (Å²) in [6, 6.07) is 15.1. The molecule has 2 rings (SSSR count). The zero-order chi connectivity index (χ0) is 16.8. The molecule has 0 aliphatic heterocycles. The lowest BCUT2D eigenvalue weighted by atomic mass is 10.0. The molecule has 2 aromatic rings. The van der Waals surface area contributed by atoms with Crippen molar-refractivity contribution in [2.75, 3.05) is 7.11 Å². The average Bonchev–Trinajstić information content (AvgIpc) is 2.55. The van der Waals surface area contributed by atoms with E-state index in [1.807, 2.05) is 36.4 Å². The number of carbonyl (C=O) groups is 1. The molecule has 2 atom stereocenters. The van der Waals surface area contributed by atoms with Crippen LogP contribution in [0, 0.1) is 0 Å². The van der Waals surface area contributed by atoms with Crippen molar-refractivity contribution in [3.8, 4) is 0 Å². The van der Waals surface area contributed by atoms with E-state index in [1.54, 1.807) is 19.2 Å². The van der Waals surface area contributed by atoms with Gasteiger partial charge in [0, 0.05) is 24.2 Å². The number of rotatable bonds is 7. The first-order chi connectivity index (χ1) is 11.0. The summed E-state index contributed by atoms with van der Waals surface area (Å²) in [5.41, 5.74) is 2.44. The summed E-state index contributed by atoms with van der Waals surface area (Å²) in [5, 5.41) is 12.3. The van der Waals surface area contributed by atoms with E-state index in [9.17, 15) is 4.79 Å². The van der Waals surface area contributed by atoms with Crippen LogP contribution in [0.15, 0.2) is 53.0 Å². The van der Waals surface area contributed by atoms with E-state index in [0.717, 1.165) is 15.6 Å². The number of methoxy groups -OCH3 is 1. The van der Waals surface area contributed by atoms with Gasteiger partial charge in [-0.15, -0.1) is 0 Å². The molecule has 0 fully saturated rings. The third-order valence-electron chi connectivity index (χ3n) is 3.74. The number of halogens is 1. The number of carboxylic acids is 1. The van der Waals surface area contributed by atoms with Gasteiger partial charge in [0.1, 0.15) is 0 Å². The van der Waals surface area contributed by atoms with Crippen LogP contribution in [-0.4, -0.2) is 24.2 Å². The normalized spacial score (nSPS) is 13.5. The summed E-state index contributed by atoms with van der Waals surface area (Å²) in [6.45, 7) is 2.72. The number of hydrogen-bond acceptors (Lipinski definition) is 3. The van der Waals surface area contributed by atoms with Gasteiger partial charge in [-0.1, -0.05) is 40.2 Å². The minimum atomic E-state index is -0.910. The lowest BCUT2D eigenvalue weighted by Crippen LogP contribution is -2.32. The second kappa shape index (κ2) is 8.24. The number of nitrogens with one attached hydrogen (secondary N) is 1. The number of benzene rings is 2. The molecule has 2 aromatic carbocycles. The largest absolute Gasteiger partial charge is 0.478 e. The van der Waals surface area contributed by atoms with Crippen LogP contribution in [0.25, 0.3) is 0 Å². The molecule has 0 amide bonds. The molecule has 122 valence electrons. The average molecular weight is 378 g/mol. The smallest absolute Gasteiger partial charge is 0.335 e. The van der Waals surface area contributed by atoms with Gasteiger partial charge in [0.25, 0.3) is 0 Å². The number of hydrogen-bond donors (Lipinski definition) is 2. The molecule has 2 unspecified atom stereocenters. The van der Waals surface area contributed by atoms with Gasteiger partial charge in [-0.05, 0) is 42.3 Å². The Morgan fingerprint density at radius 3 is 2.30 bits per heavy atom. The van der Waals surface area contributed by atoms with Crippen molar-refractivity contribution in [3.63, 3.8) is 0 Å². The van der Waals surface area contributed by atoms with Crippen LogP contribution in [0.3, 0.4) is 0 Å². The molecular weight excluding hydrogens is 358 g/mol. The molecule has 4 nitrogen and oxygen atoms in total. The highest BCUT2D eigenvalue weighted by molar-refractivity contribution is 9.10. The Morgan fingerprint density at radius 2 is 1.78 bits per heavy atom. The van der Waals surface area contributed by atoms with Crippen LogP contribution >= 0.6 is 15.9 Å². The fraction of sp³-hybridized carbons (Fsp3) is 0.278. The highest BCUT2D eigenvalue weighted by atomic mass is 79.9.